The van der Waals surface area contributed by atoms with E-state index in [2.05, 4.69) is 89.7 Å². The van der Waals surface area contributed by atoms with Gasteiger partial charge in [-0.05, 0) is 87.1 Å². The van der Waals surface area contributed by atoms with Crippen molar-refractivity contribution in [3.05, 3.63) is 106 Å². The second-order valence-corrected chi connectivity index (χ2v) is 11.0. The smallest absolute Gasteiger partial charge is 0.101 e. The summed E-state index contributed by atoms with van der Waals surface area (Å²) in [5.41, 5.74) is 2.98. The Hall–Kier alpha value is -2.18. The number of unbranched alkanes of at least 4 members (excludes halogenated alkanes) is 1. The Morgan fingerprint density at radius 3 is 2.19 bits per heavy atom. The number of aliphatic hydroxyl groups is 1. The molecule has 0 aliphatic heterocycles. The van der Waals surface area contributed by atoms with Crippen molar-refractivity contribution in [1.82, 2.24) is 9.88 Å². The van der Waals surface area contributed by atoms with Crippen LogP contribution in [0.1, 0.15) is 55.7 Å². The molecule has 37 heavy (non-hydrogen) atoms. The van der Waals surface area contributed by atoms with Crippen molar-refractivity contribution < 1.29 is 5.11 Å². The Morgan fingerprint density at radius 1 is 0.919 bits per heavy atom. The van der Waals surface area contributed by atoms with E-state index in [0.29, 0.717) is 6.42 Å². The van der Waals surface area contributed by atoms with E-state index in [1.807, 2.05) is 50.2 Å². The number of hydrogen-bond acceptors (Lipinski definition) is 4. The van der Waals surface area contributed by atoms with Crippen LogP contribution in [0.5, 0.6) is 0 Å². The normalized spacial score (nSPS) is 13.6. The predicted molar refractivity (Wildman–Crippen MR) is 164 cm³/mol. The zero-order valence-electron chi connectivity index (χ0n) is 22.6. The van der Waals surface area contributed by atoms with E-state index in [4.69, 9.17) is 4.98 Å². The summed E-state index contributed by atoms with van der Waals surface area (Å²) in [6.45, 7) is 5.00. The van der Waals surface area contributed by atoms with Crippen LogP contribution in [0.2, 0.25) is 0 Å². The molecule has 1 aromatic heterocycles. The van der Waals surface area contributed by atoms with Gasteiger partial charge in [0.15, 0.2) is 0 Å². The van der Waals surface area contributed by atoms with Crippen LogP contribution in [0.4, 0.5) is 0 Å². The topological polar surface area (TPSA) is 36.4 Å². The van der Waals surface area contributed by atoms with Gasteiger partial charge in [-0.3, -0.25) is 0 Å². The van der Waals surface area contributed by atoms with Gasteiger partial charge in [0.25, 0.3) is 0 Å². The first-order chi connectivity index (χ1) is 17.9. The van der Waals surface area contributed by atoms with Crippen LogP contribution in [0.25, 0.3) is 10.9 Å². The fraction of sp³-hybridized carbons (Fsp3) is 0.344. The van der Waals surface area contributed by atoms with Crippen LogP contribution in [0.3, 0.4) is 0 Å². The molecule has 1 N–H and O–H groups in total. The second-order valence-electron chi connectivity index (χ2n) is 9.32. The number of benzene rings is 3. The molecule has 0 spiro atoms. The van der Waals surface area contributed by atoms with Gasteiger partial charge in [0.1, 0.15) is 10.6 Å². The highest BCUT2D eigenvalue weighted by Crippen LogP contribution is 2.47. The number of aromatic nitrogens is 1. The van der Waals surface area contributed by atoms with Crippen LogP contribution in [0, 0.1) is 0 Å². The summed E-state index contributed by atoms with van der Waals surface area (Å²) in [6, 6.07) is 29.0. The number of halogens is 1. The standard InChI is InChI=1S/C30H33BrN2OS.C2H6/c1-33(2)19-11-10-18-30(34,24-14-8-5-9-15-24)28(22-12-6-4-7-13-22)26-21-23-20-25(31)16-17-27(23)32-29(26)35-3;1-2/h4-9,12-17,20-21,28,34H,10-11,18-19H2,1-3H3;1-2H3. The lowest BCUT2D eigenvalue weighted by molar-refractivity contribution is 0.00670. The number of nitrogens with zero attached hydrogens (tertiary/aromatic N) is 2. The molecule has 0 radical (unpaired) electrons. The maximum absolute atomic E-state index is 12.7. The average Bonchev–Trinajstić information content (AvgIpc) is 2.93. The van der Waals surface area contributed by atoms with E-state index in [9.17, 15) is 5.11 Å². The summed E-state index contributed by atoms with van der Waals surface area (Å²) < 4.78 is 1.02. The van der Waals surface area contributed by atoms with Crippen LogP contribution in [0.15, 0.2) is 94.4 Å². The van der Waals surface area contributed by atoms with Gasteiger partial charge in [0, 0.05) is 15.8 Å². The van der Waals surface area contributed by atoms with Gasteiger partial charge >= 0.3 is 0 Å². The Labute approximate surface area is 235 Å². The summed E-state index contributed by atoms with van der Waals surface area (Å²) in [5.74, 6) is -0.260. The number of thioether (sulfide) groups is 1. The van der Waals surface area contributed by atoms with E-state index >= 15 is 0 Å². The molecule has 196 valence electrons. The molecule has 0 saturated heterocycles. The third kappa shape index (κ3) is 7.23. The van der Waals surface area contributed by atoms with Crippen molar-refractivity contribution in [2.24, 2.45) is 0 Å². The molecular formula is C32H39BrN2OS. The Balaban J connectivity index is 0.00000186. The molecule has 0 fully saturated rings. The van der Waals surface area contributed by atoms with Crippen molar-refractivity contribution in [2.75, 3.05) is 26.9 Å². The van der Waals surface area contributed by atoms with E-state index in [-0.39, 0.29) is 5.92 Å². The number of hydrogen-bond donors (Lipinski definition) is 1. The third-order valence-electron chi connectivity index (χ3n) is 6.57. The molecule has 0 aliphatic carbocycles. The minimum Gasteiger partial charge on any atom is -0.384 e. The van der Waals surface area contributed by atoms with E-state index in [1.54, 1.807) is 11.8 Å². The number of pyridine rings is 1. The van der Waals surface area contributed by atoms with Gasteiger partial charge in [-0.25, -0.2) is 4.98 Å². The fourth-order valence-electron chi connectivity index (χ4n) is 4.88. The van der Waals surface area contributed by atoms with E-state index < -0.39 is 5.60 Å². The van der Waals surface area contributed by atoms with Crippen molar-refractivity contribution >= 4 is 38.6 Å². The molecule has 1 heterocycles. The lowest BCUT2D eigenvalue weighted by atomic mass is 9.71. The first-order valence-electron chi connectivity index (χ1n) is 13.0. The van der Waals surface area contributed by atoms with Crippen LogP contribution >= 0.6 is 27.7 Å². The molecule has 0 amide bonds. The van der Waals surface area contributed by atoms with Crippen molar-refractivity contribution in [3.63, 3.8) is 0 Å². The molecule has 2 atom stereocenters. The summed E-state index contributed by atoms with van der Waals surface area (Å²) in [6.07, 6.45) is 4.68. The Morgan fingerprint density at radius 2 is 1.57 bits per heavy atom. The zero-order chi connectivity index (χ0) is 26.8. The quantitative estimate of drug-likeness (QED) is 0.151. The van der Waals surface area contributed by atoms with E-state index in [0.717, 1.165) is 56.5 Å². The number of fused-ring (bicyclic) bond motifs is 1. The average molecular weight is 580 g/mol. The van der Waals surface area contributed by atoms with Gasteiger partial charge in [0.05, 0.1) is 5.52 Å². The zero-order valence-corrected chi connectivity index (χ0v) is 25.0. The first-order valence-corrected chi connectivity index (χ1v) is 15.1. The monoisotopic (exact) mass is 578 g/mol. The minimum atomic E-state index is -1.08. The van der Waals surface area contributed by atoms with Crippen LogP contribution in [-0.2, 0) is 5.60 Å². The molecule has 4 rings (SSSR count). The largest absolute Gasteiger partial charge is 0.384 e. The SMILES string of the molecule is CC.CSc1nc2ccc(Br)cc2cc1C(c1ccccc1)C(O)(CCCCN(C)C)c1ccccc1. The second kappa shape index (κ2) is 14.1. The third-order valence-corrected chi connectivity index (χ3v) is 7.78. The summed E-state index contributed by atoms with van der Waals surface area (Å²) in [5, 5.41) is 14.7. The Kier molecular flexibility index (Phi) is 11.2. The highest BCUT2D eigenvalue weighted by atomic mass is 79.9. The molecule has 3 aromatic carbocycles. The van der Waals surface area contributed by atoms with Gasteiger partial charge in [-0.2, -0.15) is 0 Å². The van der Waals surface area contributed by atoms with Gasteiger partial charge < -0.3 is 10.0 Å². The maximum Gasteiger partial charge on any atom is 0.101 e. The summed E-state index contributed by atoms with van der Waals surface area (Å²) in [7, 11) is 4.19. The molecule has 4 aromatic rings. The maximum atomic E-state index is 12.7. The molecule has 0 bridgehead atoms. The molecular weight excluding hydrogens is 540 g/mol. The van der Waals surface area contributed by atoms with Crippen molar-refractivity contribution in [1.29, 1.82) is 0 Å². The summed E-state index contributed by atoms with van der Waals surface area (Å²) in [4.78, 5) is 7.23. The van der Waals surface area contributed by atoms with Crippen molar-refractivity contribution in [3.8, 4) is 0 Å². The molecule has 0 saturated carbocycles. The van der Waals surface area contributed by atoms with E-state index in [1.165, 1.54) is 0 Å². The lowest BCUT2D eigenvalue weighted by Gasteiger charge is -2.38. The van der Waals surface area contributed by atoms with Gasteiger partial charge in [-0.15, -0.1) is 11.8 Å². The number of rotatable bonds is 10. The van der Waals surface area contributed by atoms with Crippen LogP contribution < -0.4 is 0 Å². The molecule has 0 aliphatic rings. The fourth-order valence-corrected chi connectivity index (χ4v) is 5.86. The highest BCUT2D eigenvalue weighted by molar-refractivity contribution is 9.10. The Bertz CT molecular complexity index is 1250. The molecule has 3 nitrogen and oxygen atoms in total. The van der Waals surface area contributed by atoms with Crippen molar-refractivity contribution in [2.45, 2.75) is 49.7 Å². The van der Waals surface area contributed by atoms with Gasteiger partial charge in [-0.1, -0.05) is 90.4 Å². The predicted octanol–water partition coefficient (Wildman–Crippen LogP) is 8.50. The summed E-state index contributed by atoms with van der Waals surface area (Å²) >= 11 is 5.26. The highest BCUT2D eigenvalue weighted by Gasteiger charge is 2.41. The first kappa shape index (κ1) is 29.4. The lowest BCUT2D eigenvalue weighted by Crippen LogP contribution is -2.35. The molecule has 2 unspecified atom stereocenters. The van der Waals surface area contributed by atoms with Crippen LogP contribution in [-0.4, -0.2) is 41.9 Å². The minimum absolute atomic E-state index is 0.260. The van der Waals surface area contributed by atoms with Gasteiger partial charge in [0.2, 0.25) is 0 Å². The molecule has 5 heteroatoms.